The van der Waals surface area contributed by atoms with Crippen molar-refractivity contribution in [2.75, 3.05) is 6.54 Å². The number of hydrogen-bond donors (Lipinski definition) is 1. The molecule has 22 heavy (non-hydrogen) atoms. The Morgan fingerprint density at radius 3 is 2.41 bits per heavy atom. The van der Waals surface area contributed by atoms with E-state index in [1.165, 1.54) is 0 Å². The molecule has 1 aliphatic rings. The number of carbonyl (C=O) groups is 1. The van der Waals surface area contributed by atoms with Gasteiger partial charge in [0.15, 0.2) is 0 Å². The van der Waals surface area contributed by atoms with E-state index in [9.17, 15) is 13.2 Å². The molecule has 1 aliphatic heterocycles. The fourth-order valence-electron chi connectivity index (χ4n) is 2.52. The SMILES string of the molecule is C=C[C@@]1(NS(=O)(=O)C=C)CCN(C(=O)OC(C)(C)C)[C@@H](C)C1. The van der Waals surface area contributed by atoms with Crippen LogP contribution in [0.3, 0.4) is 0 Å². The second-order valence-electron chi connectivity index (χ2n) is 6.65. The summed E-state index contributed by atoms with van der Waals surface area (Å²) >= 11 is 0. The Morgan fingerprint density at radius 1 is 1.41 bits per heavy atom. The molecule has 1 fully saturated rings. The van der Waals surface area contributed by atoms with E-state index in [1.807, 2.05) is 27.7 Å². The molecule has 1 saturated heterocycles. The van der Waals surface area contributed by atoms with Gasteiger partial charge < -0.3 is 9.64 Å². The molecule has 0 spiro atoms. The summed E-state index contributed by atoms with van der Waals surface area (Å²) in [7, 11) is -3.57. The van der Waals surface area contributed by atoms with E-state index in [2.05, 4.69) is 17.9 Å². The van der Waals surface area contributed by atoms with Gasteiger partial charge in [0.2, 0.25) is 10.0 Å². The fourth-order valence-corrected chi connectivity index (χ4v) is 3.43. The van der Waals surface area contributed by atoms with Gasteiger partial charge in [-0.3, -0.25) is 0 Å². The quantitative estimate of drug-likeness (QED) is 0.803. The Labute approximate surface area is 133 Å². The number of ether oxygens (including phenoxy) is 1. The number of sulfonamides is 1. The normalized spacial score (nSPS) is 26.4. The average Bonchev–Trinajstić information content (AvgIpc) is 2.36. The van der Waals surface area contributed by atoms with Crippen molar-refractivity contribution >= 4 is 16.1 Å². The zero-order chi connectivity index (χ0) is 17.2. The van der Waals surface area contributed by atoms with Crippen molar-refractivity contribution in [3.8, 4) is 0 Å². The molecule has 126 valence electrons. The van der Waals surface area contributed by atoms with Crippen molar-refractivity contribution in [1.29, 1.82) is 0 Å². The number of rotatable bonds is 4. The highest BCUT2D eigenvalue weighted by atomic mass is 32.2. The molecule has 7 heteroatoms. The molecule has 0 aromatic rings. The maximum atomic E-state index is 12.2. The van der Waals surface area contributed by atoms with Crippen molar-refractivity contribution in [3.63, 3.8) is 0 Å². The van der Waals surface area contributed by atoms with Crippen LogP contribution in [0.1, 0.15) is 40.5 Å². The summed E-state index contributed by atoms with van der Waals surface area (Å²) in [5.74, 6) is 0. The van der Waals surface area contributed by atoms with E-state index in [0.717, 1.165) is 5.41 Å². The van der Waals surface area contributed by atoms with Crippen LogP contribution in [0.15, 0.2) is 24.6 Å². The fraction of sp³-hybridized carbons (Fsp3) is 0.667. The minimum absolute atomic E-state index is 0.172. The van der Waals surface area contributed by atoms with Crippen LogP contribution in [0, 0.1) is 0 Å². The molecule has 0 radical (unpaired) electrons. The molecule has 0 unspecified atom stereocenters. The topological polar surface area (TPSA) is 75.7 Å². The van der Waals surface area contributed by atoms with E-state index in [-0.39, 0.29) is 12.1 Å². The van der Waals surface area contributed by atoms with Crippen LogP contribution in [0.4, 0.5) is 4.79 Å². The number of nitrogens with zero attached hydrogens (tertiary/aromatic N) is 1. The molecular formula is C15H26N2O4S. The highest BCUT2D eigenvalue weighted by Crippen LogP contribution is 2.30. The van der Waals surface area contributed by atoms with E-state index >= 15 is 0 Å². The predicted molar refractivity (Wildman–Crippen MR) is 86.8 cm³/mol. The van der Waals surface area contributed by atoms with Crippen molar-refractivity contribution in [2.45, 2.75) is 57.7 Å². The summed E-state index contributed by atoms with van der Waals surface area (Å²) in [6, 6.07) is -0.172. The van der Waals surface area contributed by atoms with E-state index in [1.54, 1.807) is 11.0 Å². The zero-order valence-corrected chi connectivity index (χ0v) is 14.6. The van der Waals surface area contributed by atoms with Crippen LogP contribution in [0.2, 0.25) is 0 Å². The van der Waals surface area contributed by atoms with Crippen LogP contribution in [0.5, 0.6) is 0 Å². The summed E-state index contributed by atoms with van der Waals surface area (Å²) in [6.45, 7) is 14.7. The lowest BCUT2D eigenvalue weighted by atomic mass is 9.85. The van der Waals surface area contributed by atoms with Gasteiger partial charge in [-0.15, -0.1) is 6.58 Å². The third kappa shape index (κ3) is 4.84. The molecule has 0 aromatic carbocycles. The predicted octanol–water partition coefficient (Wildman–Crippen LogP) is 2.39. The molecule has 0 bridgehead atoms. The molecule has 1 amide bonds. The number of likely N-dealkylation sites (tertiary alicyclic amines) is 1. The lowest BCUT2D eigenvalue weighted by Crippen LogP contribution is -2.58. The maximum Gasteiger partial charge on any atom is 0.410 e. The molecule has 0 aromatic heterocycles. The molecule has 1 heterocycles. The van der Waals surface area contributed by atoms with Crippen molar-refractivity contribution in [3.05, 3.63) is 24.6 Å². The second kappa shape index (κ2) is 6.42. The van der Waals surface area contributed by atoms with Crippen LogP contribution >= 0.6 is 0 Å². The Hall–Kier alpha value is -1.34. The van der Waals surface area contributed by atoms with E-state index in [0.29, 0.717) is 19.4 Å². The molecule has 1 N–H and O–H groups in total. The lowest BCUT2D eigenvalue weighted by Gasteiger charge is -2.44. The molecule has 0 aliphatic carbocycles. The highest BCUT2D eigenvalue weighted by Gasteiger charge is 2.40. The van der Waals surface area contributed by atoms with Gasteiger partial charge in [-0.2, -0.15) is 0 Å². The maximum absolute atomic E-state index is 12.2. The third-order valence-corrected chi connectivity index (χ3v) is 4.70. The Balaban J connectivity index is 2.85. The third-order valence-electron chi connectivity index (χ3n) is 3.57. The molecule has 1 rings (SSSR count). The Morgan fingerprint density at radius 2 is 2.00 bits per heavy atom. The largest absolute Gasteiger partial charge is 0.444 e. The molecule has 6 nitrogen and oxygen atoms in total. The number of piperidine rings is 1. The van der Waals surface area contributed by atoms with Gasteiger partial charge in [0.05, 0.1) is 5.54 Å². The average molecular weight is 330 g/mol. The zero-order valence-electron chi connectivity index (χ0n) is 13.8. The van der Waals surface area contributed by atoms with Gasteiger partial charge in [-0.25, -0.2) is 17.9 Å². The van der Waals surface area contributed by atoms with Gasteiger partial charge >= 0.3 is 6.09 Å². The summed E-state index contributed by atoms with van der Waals surface area (Å²) in [5.41, 5.74) is -1.33. The monoisotopic (exact) mass is 330 g/mol. The Bertz CT molecular complexity index is 550. The summed E-state index contributed by atoms with van der Waals surface area (Å²) in [4.78, 5) is 13.8. The number of carbonyl (C=O) groups excluding carboxylic acids is 1. The summed E-state index contributed by atoms with van der Waals surface area (Å²) in [5, 5.41) is 0.878. The van der Waals surface area contributed by atoms with Crippen LogP contribution in [0.25, 0.3) is 0 Å². The minimum atomic E-state index is -3.57. The second-order valence-corrected chi connectivity index (χ2v) is 8.28. The van der Waals surface area contributed by atoms with E-state index < -0.39 is 21.2 Å². The minimum Gasteiger partial charge on any atom is -0.444 e. The van der Waals surface area contributed by atoms with Crippen LogP contribution < -0.4 is 4.72 Å². The Kier molecular flexibility index (Phi) is 5.46. The standard InChI is InChI=1S/C15H26N2O4S/c1-7-15(16-22(19,20)8-2)9-10-17(12(3)11-15)13(18)21-14(4,5)6/h7-8,12,16H,1-2,9-11H2,3-6H3/t12-,15+/m0/s1. The smallest absolute Gasteiger partial charge is 0.410 e. The molecule has 0 saturated carbocycles. The highest BCUT2D eigenvalue weighted by molar-refractivity contribution is 7.92. The van der Waals surface area contributed by atoms with E-state index in [4.69, 9.17) is 4.74 Å². The van der Waals surface area contributed by atoms with Gasteiger partial charge in [-0.05, 0) is 40.5 Å². The van der Waals surface area contributed by atoms with Crippen LogP contribution in [-0.2, 0) is 14.8 Å². The first kappa shape index (κ1) is 18.7. The van der Waals surface area contributed by atoms with Crippen LogP contribution in [-0.4, -0.2) is 43.1 Å². The van der Waals surface area contributed by atoms with Gasteiger partial charge in [0.25, 0.3) is 0 Å². The van der Waals surface area contributed by atoms with Gasteiger partial charge in [0.1, 0.15) is 5.60 Å². The first-order valence-electron chi connectivity index (χ1n) is 7.23. The number of hydrogen-bond acceptors (Lipinski definition) is 4. The molecular weight excluding hydrogens is 304 g/mol. The van der Waals surface area contributed by atoms with Gasteiger partial charge in [-0.1, -0.05) is 12.7 Å². The summed E-state index contributed by atoms with van der Waals surface area (Å²) < 4.78 is 31.5. The number of nitrogens with one attached hydrogen (secondary N) is 1. The van der Waals surface area contributed by atoms with Gasteiger partial charge in [0, 0.05) is 18.0 Å². The summed E-state index contributed by atoms with van der Waals surface area (Å²) in [6.07, 6.45) is 2.08. The first-order chi connectivity index (χ1) is 9.94. The molecule has 2 atom stereocenters. The van der Waals surface area contributed by atoms with Crippen molar-refractivity contribution in [2.24, 2.45) is 0 Å². The first-order valence-corrected chi connectivity index (χ1v) is 8.78. The van der Waals surface area contributed by atoms with Crippen molar-refractivity contribution < 1.29 is 17.9 Å². The van der Waals surface area contributed by atoms with Crippen molar-refractivity contribution in [1.82, 2.24) is 9.62 Å². The number of amides is 1. The lowest BCUT2D eigenvalue weighted by molar-refractivity contribution is 0.00675.